The zero-order valence-electron chi connectivity index (χ0n) is 38.1. The van der Waals surface area contributed by atoms with Gasteiger partial charge in [0.25, 0.3) is 0 Å². The van der Waals surface area contributed by atoms with E-state index in [1.807, 2.05) is 94.1 Å². The normalized spacial score (nSPS) is 11.6. The molecule has 7 nitrogen and oxygen atoms in total. The quantitative estimate of drug-likeness (QED) is 0.153. The number of halogens is 6. The SMILES string of the molecule is N#Cc1ccc(-c2ccc3c(c2)c2ccccc2n3-c2ccc(-c3ccc(C(F)(F)F)cc3C(F)(F)F)cc2-c2c(C#N)cccc2-n2c3ccccc3c3cc(-c4ccc(C#N)cc4C#N)ccc32)c(C#N)c1. The van der Waals surface area contributed by atoms with Crippen LogP contribution in [0.2, 0.25) is 0 Å². The molecule has 0 N–H and O–H groups in total. The minimum Gasteiger partial charge on any atom is -0.309 e. The van der Waals surface area contributed by atoms with Gasteiger partial charge in [0.05, 0.1) is 103 Å². The standard InChI is InChI=1S/C61H29F6N7/c62-60(63,64)43-17-20-46(52(29-43)61(65,66)67)39-16-23-57(73-53-9-3-1-7-47(53)49-26-37(14-21-55(49)73)44-18-12-35(30-68)24-41(44)33-71)51(28-39)59-40(32-70)6-5-11-58(59)74-54-10-4-2-8-48(54)50-27-38(15-22-56(50)74)45-19-13-36(31-69)25-42(45)34-72/h1-29H. The summed E-state index contributed by atoms with van der Waals surface area (Å²) >= 11 is 0. The van der Waals surface area contributed by atoms with E-state index in [0.717, 1.165) is 27.6 Å². The molecule has 11 rings (SSSR count). The third-order valence-electron chi connectivity index (χ3n) is 13.4. The molecular formula is C61H29F6N7. The molecule has 0 radical (unpaired) electrons. The predicted molar refractivity (Wildman–Crippen MR) is 270 cm³/mol. The maximum atomic E-state index is 15.0. The molecule has 0 amide bonds. The average Bonchev–Trinajstić information content (AvgIpc) is 3.93. The van der Waals surface area contributed by atoms with Gasteiger partial charge in [0, 0.05) is 32.7 Å². The van der Waals surface area contributed by atoms with E-state index >= 15 is 13.2 Å². The summed E-state index contributed by atoms with van der Waals surface area (Å²) in [5, 5.41) is 53.5. The molecule has 350 valence electrons. The second-order valence-corrected chi connectivity index (χ2v) is 17.4. The van der Waals surface area contributed by atoms with Crippen molar-refractivity contribution >= 4 is 43.6 Å². The summed E-state index contributed by atoms with van der Waals surface area (Å²) in [6.45, 7) is 0. The van der Waals surface area contributed by atoms with Crippen LogP contribution in [0.1, 0.15) is 38.9 Å². The Labute approximate surface area is 417 Å². The first-order chi connectivity index (χ1) is 35.7. The molecular weight excluding hydrogens is 945 g/mol. The smallest absolute Gasteiger partial charge is 0.309 e. The highest BCUT2D eigenvalue weighted by molar-refractivity contribution is 6.13. The third-order valence-corrected chi connectivity index (χ3v) is 13.4. The van der Waals surface area contributed by atoms with E-state index in [-0.39, 0.29) is 28.3 Å². The van der Waals surface area contributed by atoms with Crippen molar-refractivity contribution in [1.29, 1.82) is 26.3 Å². The Balaban J connectivity index is 1.23. The van der Waals surface area contributed by atoms with Crippen LogP contribution in [0, 0.1) is 56.7 Å². The second-order valence-electron chi connectivity index (χ2n) is 17.4. The van der Waals surface area contributed by atoms with Gasteiger partial charge in [-0.15, -0.1) is 0 Å². The summed E-state index contributed by atoms with van der Waals surface area (Å²) in [6, 6.07) is 58.0. The number of nitrogens with zero attached hydrogens (tertiary/aromatic N) is 7. The van der Waals surface area contributed by atoms with E-state index in [2.05, 4.69) is 30.3 Å². The van der Waals surface area contributed by atoms with E-state index < -0.39 is 29.0 Å². The fraction of sp³-hybridized carbons (Fsp3) is 0.0328. The van der Waals surface area contributed by atoms with Gasteiger partial charge in [-0.1, -0.05) is 78.9 Å². The molecule has 0 saturated heterocycles. The number of benzene rings is 9. The molecule has 0 atom stereocenters. The topological polar surface area (TPSA) is 129 Å². The highest BCUT2D eigenvalue weighted by Crippen LogP contribution is 2.47. The molecule has 0 saturated carbocycles. The number of aromatic nitrogens is 2. The fourth-order valence-electron chi connectivity index (χ4n) is 10.1. The van der Waals surface area contributed by atoms with Crippen molar-refractivity contribution in [3.63, 3.8) is 0 Å². The Bertz CT molecular complexity index is 4420. The zero-order chi connectivity index (χ0) is 51.6. The summed E-state index contributed by atoms with van der Waals surface area (Å²) < 4.78 is 91.0. The molecule has 13 heteroatoms. The van der Waals surface area contributed by atoms with Gasteiger partial charge in [-0.2, -0.15) is 52.7 Å². The van der Waals surface area contributed by atoms with E-state index in [4.69, 9.17) is 0 Å². The van der Waals surface area contributed by atoms with Crippen LogP contribution in [-0.4, -0.2) is 9.13 Å². The molecule has 2 aromatic heterocycles. The van der Waals surface area contributed by atoms with E-state index in [9.17, 15) is 39.5 Å². The zero-order valence-corrected chi connectivity index (χ0v) is 38.1. The number of fused-ring (bicyclic) bond motifs is 6. The molecule has 0 aliphatic rings. The Hall–Kier alpha value is -10.4. The Kier molecular flexibility index (Phi) is 10.9. The Morgan fingerprint density at radius 2 is 0.824 bits per heavy atom. The monoisotopic (exact) mass is 973 g/mol. The highest BCUT2D eigenvalue weighted by atomic mass is 19.4. The van der Waals surface area contributed by atoms with Gasteiger partial charge in [-0.25, -0.2) is 0 Å². The third kappa shape index (κ3) is 7.51. The molecule has 0 aliphatic heterocycles. The van der Waals surface area contributed by atoms with Gasteiger partial charge < -0.3 is 9.13 Å². The van der Waals surface area contributed by atoms with Crippen LogP contribution in [0.25, 0.3) is 99.5 Å². The number of rotatable bonds is 6. The van der Waals surface area contributed by atoms with Crippen LogP contribution < -0.4 is 0 Å². The Morgan fingerprint density at radius 1 is 0.338 bits per heavy atom. The molecule has 0 unspecified atom stereocenters. The molecule has 0 bridgehead atoms. The predicted octanol–water partition coefficient (Wildman–Crippen LogP) is 15.9. The Morgan fingerprint density at radius 3 is 1.34 bits per heavy atom. The first-order valence-electron chi connectivity index (χ1n) is 22.7. The van der Waals surface area contributed by atoms with Crippen LogP contribution in [-0.2, 0) is 12.4 Å². The fourth-order valence-corrected chi connectivity index (χ4v) is 10.1. The number of para-hydroxylation sites is 2. The summed E-state index contributed by atoms with van der Waals surface area (Å²) in [5.41, 5.74) is 4.48. The number of hydrogen-bond donors (Lipinski definition) is 0. The molecule has 2 heterocycles. The van der Waals surface area contributed by atoms with Gasteiger partial charge >= 0.3 is 12.4 Å². The van der Waals surface area contributed by atoms with Gasteiger partial charge in [0.2, 0.25) is 0 Å². The first kappa shape index (κ1) is 46.0. The van der Waals surface area contributed by atoms with Gasteiger partial charge in [-0.3, -0.25) is 0 Å². The lowest BCUT2D eigenvalue weighted by molar-refractivity contribution is -0.142. The van der Waals surface area contributed by atoms with Gasteiger partial charge in [0.1, 0.15) is 0 Å². The number of nitriles is 5. The first-order valence-corrected chi connectivity index (χ1v) is 22.7. The minimum atomic E-state index is -5.20. The summed E-state index contributed by atoms with van der Waals surface area (Å²) in [6.07, 6.45) is -10.3. The van der Waals surface area contributed by atoms with E-state index in [1.165, 1.54) is 24.3 Å². The lowest BCUT2D eigenvalue weighted by atomic mass is 9.90. The molecule has 0 spiro atoms. The minimum absolute atomic E-state index is 0.0704. The van der Waals surface area contributed by atoms with Crippen molar-refractivity contribution in [1.82, 2.24) is 9.13 Å². The van der Waals surface area contributed by atoms with E-state index in [0.29, 0.717) is 84.0 Å². The van der Waals surface area contributed by atoms with Crippen molar-refractivity contribution in [2.75, 3.05) is 0 Å². The van der Waals surface area contributed by atoms with Crippen LogP contribution >= 0.6 is 0 Å². The largest absolute Gasteiger partial charge is 0.417 e. The maximum absolute atomic E-state index is 15.0. The van der Waals surface area contributed by atoms with Crippen molar-refractivity contribution in [2.45, 2.75) is 12.4 Å². The summed E-state index contributed by atoms with van der Waals surface area (Å²) in [4.78, 5) is 0. The number of hydrogen-bond acceptors (Lipinski definition) is 5. The van der Waals surface area contributed by atoms with E-state index in [1.54, 1.807) is 48.5 Å². The van der Waals surface area contributed by atoms with Gasteiger partial charge in [0.15, 0.2) is 0 Å². The van der Waals surface area contributed by atoms with Crippen molar-refractivity contribution in [3.05, 3.63) is 215 Å². The van der Waals surface area contributed by atoms with Crippen LogP contribution in [0.15, 0.2) is 176 Å². The lowest BCUT2D eigenvalue weighted by Crippen LogP contribution is -2.12. The van der Waals surface area contributed by atoms with Crippen LogP contribution in [0.5, 0.6) is 0 Å². The highest BCUT2D eigenvalue weighted by Gasteiger charge is 2.39. The second kappa shape index (κ2) is 17.5. The molecule has 0 fully saturated rings. The maximum Gasteiger partial charge on any atom is 0.417 e. The summed E-state index contributed by atoms with van der Waals surface area (Å²) in [7, 11) is 0. The summed E-state index contributed by atoms with van der Waals surface area (Å²) in [5.74, 6) is 0. The molecule has 0 aliphatic carbocycles. The van der Waals surface area contributed by atoms with Crippen LogP contribution in [0.4, 0.5) is 26.3 Å². The van der Waals surface area contributed by atoms with Crippen molar-refractivity contribution in [2.24, 2.45) is 0 Å². The van der Waals surface area contributed by atoms with Crippen molar-refractivity contribution in [3.8, 4) is 86.2 Å². The average molecular weight is 974 g/mol. The molecule has 74 heavy (non-hydrogen) atoms. The molecule has 9 aromatic carbocycles. The van der Waals surface area contributed by atoms with Crippen LogP contribution in [0.3, 0.4) is 0 Å². The number of alkyl halides is 6. The lowest BCUT2D eigenvalue weighted by Gasteiger charge is -2.22. The molecule has 11 aromatic rings. The van der Waals surface area contributed by atoms with Crippen molar-refractivity contribution < 1.29 is 26.3 Å². The van der Waals surface area contributed by atoms with Gasteiger partial charge in [-0.05, 0) is 130 Å².